The molecule has 0 bridgehead atoms. The van der Waals surface area contributed by atoms with Crippen molar-refractivity contribution in [1.82, 2.24) is 19.6 Å². The Morgan fingerprint density at radius 3 is 2.44 bits per heavy atom. The number of pyridine rings is 2. The lowest BCUT2D eigenvalue weighted by atomic mass is 10.1. The fraction of sp³-hybridized carbons (Fsp3) is 0.292. The largest absolute Gasteiger partial charge is 0.348 e. The number of rotatable bonds is 6. The maximum Gasteiger partial charge on any atom is 0.251 e. The molecule has 1 fully saturated rings. The molecule has 0 atom stereocenters. The third kappa shape index (κ3) is 4.87. The highest BCUT2D eigenvalue weighted by molar-refractivity contribution is 7.89. The molecule has 0 unspecified atom stereocenters. The smallest absolute Gasteiger partial charge is 0.251 e. The third-order valence-corrected chi connectivity index (χ3v) is 7.38. The van der Waals surface area contributed by atoms with Gasteiger partial charge in [0, 0.05) is 48.8 Å². The standard InChI is InChI=1S/C24H26N4O3S/c1-17-5-8-23(26-14-17)20-11-21(24(29)27-16-19-7-6-18(2)25-15-19)13-22(12-20)32(30,31)28-9-3-4-10-28/h5-8,11-15H,3-4,9-10,16H2,1-2H3,(H,27,29). The zero-order valence-electron chi connectivity index (χ0n) is 18.2. The number of amides is 1. The van der Waals surface area contributed by atoms with Crippen molar-refractivity contribution < 1.29 is 13.2 Å². The summed E-state index contributed by atoms with van der Waals surface area (Å²) < 4.78 is 27.9. The second-order valence-electron chi connectivity index (χ2n) is 8.07. The number of carbonyl (C=O) groups is 1. The normalized spacial score (nSPS) is 14.4. The first kappa shape index (κ1) is 22.1. The predicted octanol–water partition coefficient (Wildman–Crippen LogP) is 3.47. The number of nitrogens with one attached hydrogen (secondary N) is 1. The Hall–Kier alpha value is -3.10. The van der Waals surface area contributed by atoms with Crippen LogP contribution in [-0.4, -0.2) is 41.7 Å². The van der Waals surface area contributed by atoms with Gasteiger partial charge >= 0.3 is 0 Å². The summed E-state index contributed by atoms with van der Waals surface area (Å²) >= 11 is 0. The summed E-state index contributed by atoms with van der Waals surface area (Å²) in [6, 6.07) is 12.3. The first-order valence-electron chi connectivity index (χ1n) is 10.6. The van der Waals surface area contributed by atoms with Gasteiger partial charge in [0.25, 0.3) is 5.91 Å². The summed E-state index contributed by atoms with van der Waals surface area (Å²) in [7, 11) is -3.69. The summed E-state index contributed by atoms with van der Waals surface area (Å²) in [5, 5.41) is 2.86. The Bertz CT molecular complexity index is 1220. The van der Waals surface area contributed by atoms with Crippen LogP contribution in [0.2, 0.25) is 0 Å². The molecule has 1 aliphatic heterocycles. The molecule has 1 aliphatic rings. The van der Waals surface area contributed by atoms with Crippen molar-refractivity contribution in [2.45, 2.75) is 38.1 Å². The third-order valence-electron chi connectivity index (χ3n) is 5.50. The topological polar surface area (TPSA) is 92.3 Å². The first-order chi connectivity index (χ1) is 15.3. The van der Waals surface area contributed by atoms with Crippen LogP contribution in [0.1, 0.15) is 40.0 Å². The summed E-state index contributed by atoms with van der Waals surface area (Å²) in [5.41, 5.74) is 4.25. The molecule has 32 heavy (non-hydrogen) atoms. The summed E-state index contributed by atoms with van der Waals surface area (Å²) in [6.07, 6.45) is 5.12. The van der Waals surface area contributed by atoms with Gasteiger partial charge in [-0.2, -0.15) is 4.31 Å². The number of nitrogens with zero attached hydrogens (tertiary/aromatic N) is 3. The average molecular weight is 451 g/mol. The van der Waals surface area contributed by atoms with Crippen LogP contribution >= 0.6 is 0 Å². The number of benzene rings is 1. The molecule has 1 aromatic carbocycles. The maximum atomic E-state index is 13.2. The van der Waals surface area contributed by atoms with Crippen molar-refractivity contribution in [2.75, 3.05) is 13.1 Å². The van der Waals surface area contributed by atoms with Gasteiger partial charge in [-0.25, -0.2) is 8.42 Å². The predicted molar refractivity (Wildman–Crippen MR) is 123 cm³/mol. The molecule has 0 saturated carbocycles. The molecular formula is C24H26N4O3S. The zero-order valence-corrected chi connectivity index (χ0v) is 19.0. The highest BCUT2D eigenvalue weighted by Gasteiger charge is 2.28. The van der Waals surface area contributed by atoms with Gasteiger partial charge in [0.15, 0.2) is 0 Å². The van der Waals surface area contributed by atoms with Crippen LogP contribution in [0.3, 0.4) is 0 Å². The average Bonchev–Trinajstić information content (AvgIpc) is 3.35. The molecule has 2 aromatic heterocycles. The van der Waals surface area contributed by atoms with Crippen LogP contribution < -0.4 is 5.32 Å². The zero-order chi connectivity index (χ0) is 22.7. The van der Waals surface area contributed by atoms with E-state index in [2.05, 4.69) is 15.3 Å². The van der Waals surface area contributed by atoms with E-state index in [4.69, 9.17) is 0 Å². The lowest BCUT2D eigenvalue weighted by molar-refractivity contribution is 0.0950. The quantitative estimate of drug-likeness (QED) is 0.621. The van der Waals surface area contributed by atoms with E-state index < -0.39 is 10.0 Å². The molecule has 8 heteroatoms. The van der Waals surface area contributed by atoms with Crippen molar-refractivity contribution in [1.29, 1.82) is 0 Å². The number of aromatic nitrogens is 2. The van der Waals surface area contributed by atoms with E-state index in [9.17, 15) is 13.2 Å². The van der Waals surface area contributed by atoms with Crippen LogP contribution in [0.25, 0.3) is 11.3 Å². The number of carbonyl (C=O) groups excluding carboxylic acids is 1. The SMILES string of the molecule is Cc1ccc(-c2cc(C(=O)NCc3ccc(C)nc3)cc(S(=O)(=O)N3CCCC3)c2)nc1. The van der Waals surface area contributed by atoms with Crippen molar-refractivity contribution in [2.24, 2.45) is 0 Å². The molecule has 7 nitrogen and oxygen atoms in total. The van der Waals surface area contributed by atoms with Crippen molar-refractivity contribution >= 4 is 15.9 Å². The minimum Gasteiger partial charge on any atom is -0.348 e. The first-order valence-corrected chi connectivity index (χ1v) is 12.0. The number of hydrogen-bond donors (Lipinski definition) is 1. The van der Waals surface area contributed by atoms with Gasteiger partial charge in [0.1, 0.15) is 0 Å². The van der Waals surface area contributed by atoms with E-state index >= 15 is 0 Å². The van der Waals surface area contributed by atoms with Gasteiger partial charge in [-0.05, 0) is 68.1 Å². The van der Waals surface area contributed by atoms with Crippen molar-refractivity contribution in [3.63, 3.8) is 0 Å². The van der Waals surface area contributed by atoms with Crippen LogP contribution in [-0.2, 0) is 16.6 Å². The van der Waals surface area contributed by atoms with E-state index in [1.807, 2.05) is 38.1 Å². The Labute approximate surface area is 188 Å². The van der Waals surface area contributed by atoms with Gasteiger partial charge in [-0.3, -0.25) is 14.8 Å². The van der Waals surface area contributed by atoms with E-state index in [1.54, 1.807) is 24.5 Å². The summed E-state index contributed by atoms with van der Waals surface area (Å²) in [5.74, 6) is -0.350. The minimum atomic E-state index is -3.69. The van der Waals surface area contributed by atoms with Gasteiger partial charge in [-0.15, -0.1) is 0 Å². The highest BCUT2D eigenvalue weighted by atomic mass is 32.2. The molecule has 0 spiro atoms. The van der Waals surface area contributed by atoms with Crippen LogP contribution in [0.4, 0.5) is 0 Å². The van der Waals surface area contributed by atoms with E-state index in [-0.39, 0.29) is 16.4 Å². The number of sulfonamides is 1. The van der Waals surface area contributed by atoms with Gasteiger partial charge in [0.2, 0.25) is 10.0 Å². The maximum absolute atomic E-state index is 13.2. The fourth-order valence-corrected chi connectivity index (χ4v) is 5.22. The monoisotopic (exact) mass is 450 g/mol. The fourth-order valence-electron chi connectivity index (χ4n) is 3.63. The van der Waals surface area contributed by atoms with Crippen molar-refractivity contribution in [3.8, 4) is 11.3 Å². The molecule has 3 aromatic rings. The van der Waals surface area contributed by atoms with Gasteiger partial charge in [-0.1, -0.05) is 12.1 Å². The van der Waals surface area contributed by atoms with Crippen LogP contribution in [0, 0.1) is 13.8 Å². The lowest BCUT2D eigenvalue weighted by Gasteiger charge is -2.17. The molecular weight excluding hydrogens is 424 g/mol. The molecule has 1 amide bonds. The molecule has 0 radical (unpaired) electrons. The molecule has 166 valence electrons. The van der Waals surface area contributed by atoms with Crippen LogP contribution in [0.15, 0.2) is 59.8 Å². The van der Waals surface area contributed by atoms with E-state index in [0.29, 0.717) is 30.9 Å². The summed E-state index contributed by atoms with van der Waals surface area (Å²) in [4.78, 5) is 21.7. The second kappa shape index (κ2) is 9.18. The van der Waals surface area contributed by atoms with Crippen molar-refractivity contribution in [3.05, 3.63) is 77.2 Å². The van der Waals surface area contributed by atoms with E-state index in [1.165, 1.54) is 10.4 Å². The Balaban J connectivity index is 1.68. The molecule has 0 aliphatic carbocycles. The summed E-state index contributed by atoms with van der Waals surface area (Å²) in [6.45, 7) is 5.13. The van der Waals surface area contributed by atoms with Gasteiger partial charge in [0.05, 0.1) is 10.6 Å². The minimum absolute atomic E-state index is 0.112. The lowest BCUT2D eigenvalue weighted by Crippen LogP contribution is -2.28. The number of aryl methyl sites for hydroxylation is 2. The second-order valence-corrected chi connectivity index (χ2v) is 10.0. The highest BCUT2D eigenvalue weighted by Crippen LogP contribution is 2.27. The van der Waals surface area contributed by atoms with Crippen LogP contribution in [0.5, 0.6) is 0 Å². The molecule has 3 heterocycles. The molecule has 1 N–H and O–H groups in total. The molecule has 1 saturated heterocycles. The Morgan fingerprint density at radius 2 is 1.78 bits per heavy atom. The van der Waals surface area contributed by atoms with Gasteiger partial charge < -0.3 is 5.32 Å². The van der Waals surface area contributed by atoms with E-state index in [0.717, 1.165) is 29.7 Å². The molecule has 4 rings (SSSR count). The number of hydrogen-bond acceptors (Lipinski definition) is 5. The Morgan fingerprint density at radius 1 is 1.00 bits per heavy atom. The Kier molecular flexibility index (Phi) is 6.34.